The smallest absolute Gasteiger partial charge is 0.0578 e. The van der Waals surface area contributed by atoms with Crippen molar-refractivity contribution in [2.45, 2.75) is 86.2 Å². The van der Waals surface area contributed by atoms with Crippen molar-refractivity contribution in [2.24, 2.45) is 40.4 Å². The predicted octanol–water partition coefficient (Wildman–Crippen LogP) is 7.25. The first-order chi connectivity index (χ1) is 13.7. The van der Waals surface area contributed by atoms with Crippen LogP contribution in [0.1, 0.15) is 80.1 Å². The van der Waals surface area contributed by atoms with E-state index in [1.165, 1.54) is 24.8 Å². The molecule has 0 radical (unpaired) electrons. The molecule has 7 atom stereocenters. The highest BCUT2D eigenvalue weighted by molar-refractivity contribution is 5.53. The van der Waals surface area contributed by atoms with Gasteiger partial charge in [0.25, 0.3) is 0 Å². The van der Waals surface area contributed by atoms with Crippen molar-refractivity contribution in [3.05, 3.63) is 47.1 Å². The van der Waals surface area contributed by atoms with E-state index in [9.17, 15) is 5.11 Å². The van der Waals surface area contributed by atoms with E-state index in [0.717, 1.165) is 25.2 Å². The van der Waals surface area contributed by atoms with Gasteiger partial charge in [0, 0.05) is 5.41 Å². The Morgan fingerprint density at radius 3 is 2.52 bits per heavy atom. The molecule has 0 unspecified atom stereocenters. The molecule has 160 valence electrons. The van der Waals surface area contributed by atoms with E-state index in [0.29, 0.717) is 29.1 Å². The third kappa shape index (κ3) is 3.42. The molecular formula is C28H42O. The van der Waals surface area contributed by atoms with E-state index in [-0.39, 0.29) is 11.5 Å². The van der Waals surface area contributed by atoms with Gasteiger partial charge < -0.3 is 5.11 Å². The largest absolute Gasteiger partial charge is 0.393 e. The molecule has 0 spiro atoms. The molecule has 0 bridgehead atoms. The Hall–Kier alpha value is -1.08. The van der Waals surface area contributed by atoms with Gasteiger partial charge in [-0.3, -0.25) is 0 Å². The fourth-order valence-corrected chi connectivity index (χ4v) is 6.96. The number of rotatable bonds is 4. The zero-order valence-electron chi connectivity index (χ0n) is 19.5. The Morgan fingerprint density at radius 1 is 1.03 bits per heavy atom. The number of hydrogen-bond donors (Lipinski definition) is 1. The molecule has 0 aromatic heterocycles. The Labute approximate surface area is 179 Å². The van der Waals surface area contributed by atoms with E-state index in [1.54, 1.807) is 11.1 Å². The maximum atomic E-state index is 10.2. The summed E-state index contributed by atoms with van der Waals surface area (Å²) in [6, 6.07) is 0. The van der Waals surface area contributed by atoms with Crippen molar-refractivity contribution in [2.75, 3.05) is 0 Å². The van der Waals surface area contributed by atoms with Gasteiger partial charge in [0.05, 0.1) is 6.10 Å². The lowest BCUT2D eigenvalue weighted by atomic mass is 9.54. The van der Waals surface area contributed by atoms with E-state index in [2.05, 4.69) is 71.9 Å². The van der Waals surface area contributed by atoms with Crippen molar-refractivity contribution < 1.29 is 5.11 Å². The zero-order valence-corrected chi connectivity index (χ0v) is 19.5. The Balaban J connectivity index is 1.60. The Morgan fingerprint density at radius 2 is 1.79 bits per heavy atom. The minimum Gasteiger partial charge on any atom is -0.393 e. The molecule has 4 rings (SSSR count). The lowest BCUT2D eigenvalue weighted by Gasteiger charge is -2.50. The minimum absolute atomic E-state index is 0.143. The van der Waals surface area contributed by atoms with E-state index in [4.69, 9.17) is 0 Å². The van der Waals surface area contributed by atoms with Crippen LogP contribution in [0.3, 0.4) is 0 Å². The van der Waals surface area contributed by atoms with Crippen LogP contribution in [0.25, 0.3) is 0 Å². The molecule has 0 saturated heterocycles. The average molecular weight is 395 g/mol. The van der Waals surface area contributed by atoms with Gasteiger partial charge in [0.2, 0.25) is 0 Å². The van der Waals surface area contributed by atoms with Crippen LogP contribution in [0.2, 0.25) is 0 Å². The zero-order chi connectivity index (χ0) is 21.0. The average Bonchev–Trinajstić information content (AvgIpc) is 3.03. The van der Waals surface area contributed by atoms with Crippen LogP contribution in [0, 0.1) is 40.4 Å². The summed E-state index contributed by atoms with van der Waals surface area (Å²) < 4.78 is 0. The van der Waals surface area contributed by atoms with Gasteiger partial charge in [0.15, 0.2) is 0 Å². The van der Waals surface area contributed by atoms with Crippen molar-refractivity contribution in [1.29, 1.82) is 0 Å². The first kappa shape index (κ1) is 21.2. The van der Waals surface area contributed by atoms with Crippen molar-refractivity contribution >= 4 is 0 Å². The molecule has 2 fully saturated rings. The lowest BCUT2D eigenvalue weighted by Crippen LogP contribution is -2.41. The number of fused-ring (bicyclic) bond motifs is 5. The van der Waals surface area contributed by atoms with Gasteiger partial charge in [-0.25, -0.2) is 0 Å². The summed E-state index contributed by atoms with van der Waals surface area (Å²) in [5, 5.41) is 10.2. The fraction of sp³-hybridized carbons (Fsp3) is 0.714. The summed E-state index contributed by atoms with van der Waals surface area (Å²) in [6.07, 6.45) is 19.1. The second-order valence-corrected chi connectivity index (χ2v) is 11.5. The predicted molar refractivity (Wildman–Crippen MR) is 123 cm³/mol. The summed E-state index contributed by atoms with van der Waals surface area (Å²) in [5.74, 6) is 3.50. The van der Waals surface area contributed by atoms with Crippen LogP contribution in [0.5, 0.6) is 0 Å². The van der Waals surface area contributed by atoms with Gasteiger partial charge in [0.1, 0.15) is 0 Å². The molecule has 1 heteroatoms. The van der Waals surface area contributed by atoms with Crippen molar-refractivity contribution in [3.63, 3.8) is 0 Å². The van der Waals surface area contributed by atoms with Gasteiger partial charge in [-0.15, -0.1) is 0 Å². The molecule has 4 aliphatic carbocycles. The SMILES string of the molecule is CC(C)[C@@H](C)/C=C\[C@@H](C)[C@H]1CC[C@H]2C3=CC=C4C[C@@H](O)CC[C@]4(C)C3=CC[C@]12C. The van der Waals surface area contributed by atoms with E-state index in [1.807, 2.05) is 0 Å². The maximum absolute atomic E-state index is 10.2. The summed E-state index contributed by atoms with van der Waals surface area (Å²) in [5.41, 5.74) is 5.26. The Kier molecular flexibility index (Phi) is 5.52. The molecule has 29 heavy (non-hydrogen) atoms. The fourth-order valence-electron chi connectivity index (χ4n) is 6.96. The van der Waals surface area contributed by atoms with Crippen LogP contribution < -0.4 is 0 Å². The first-order valence-corrected chi connectivity index (χ1v) is 12.2. The monoisotopic (exact) mass is 394 g/mol. The lowest BCUT2D eigenvalue weighted by molar-refractivity contribution is 0.113. The van der Waals surface area contributed by atoms with E-state index < -0.39 is 0 Å². The normalized spacial score (nSPS) is 41.2. The standard InChI is InChI=1S/C28H42O/c1-18(2)19(3)7-8-20(4)24-11-12-25-23-10-9-21-17-22(29)13-15-27(21,5)26(23)14-16-28(24,25)6/h7-10,14,18-20,22,24-25,29H,11-13,15-17H2,1-6H3/b8-7-/t19-,20+,22-,24+,25-,27-,28+/m0/s1. The third-order valence-corrected chi connectivity index (χ3v) is 9.45. The second kappa shape index (κ2) is 7.56. The van der Waals surface area contributed by atoms with Crippen LogP contribution in [0.15, 0.2) is 47.1 Å². The van der Waals surface area contributed by atoms with Gasteiger partial charge in [-0.2, -0.15) is 0 Å². The van der Waals surface area contributed by atoms with Crippen molar-refractivity contribution in [3.8, 4) is 0 Å². The molecule has 0 aromatic rings. The number of aliphatic hydroxyl groups is 1. The molecular weight excluding hydrogens is 352 g/mol. The highest BCUT2D eigenvalue weighted by atomic mass is 16.3. The summed E-state index contributed by atoms with van der Waals surface area (Å²) >= 11 is 0. The van der Waals surface area contributed by atoms with Crippen LogP contribution in [0.4, 0.5) is 0 Å². The molecule has 0 aliphatic heterocycles. The van der Waals surface area contributed by atoms with Crippen molar-refractivity contribution in [1.82, 2.24) is 0 Å². The van der Waals surface area contributed by atoms with Gasteiger partial charge in [-0.1, -0.05) is 77.5 Å². The molecule has 0 amide bonds. The molecule has 1 nitrogen and oxygen atoms in total. The highest BCUT2D eigenvalue weighted by Crippen LogP contribution is 2.63. The summed E-state index contributed by atoms with van der Waals surface area (Å²) in [7, 11) is 0. The molecule has 0 heterocycles. The van der Waals surface area contributed by atoms with Gasteiger partial charge >= 0.3 is 0 Å². The van der Waals surface area contributed by atoms with Crippen LogP contribution in [-0.2, 0) is 0 Å². The number of aliphatic hydroxyl groups excluding tert-OH is 1. The number of allylic oxidation sites excluding steroid dienone is 7. The van der Waals surface area contributed by atoms with E-state index >= 15 is 0 Å². The second-order valence-electron chi connectivity index (χ2n) is 11.5. The highest BCUT2D eigenvalue weighted by Gasteiger charge is 2.53. The molecule has 4 aliphatic rings. The van der Waals surface area contributed by atoms with Gasteiger partial charge in [-0.05, 0) is 84.7 Å². The molecule has 2 saturated carbocycles. The third-order valence-electron chi connectivity index (χ3n) is 9.45. The summed E-state index contributed by atoms with van der Waals surface area (Å²) in [4.78, 5) is 0. The topological polar surface area (TPSA) is 20.2 Å². The number of hydrogen-bond acceptors (Lipinski definition) is 1. The minimum atomic E-state index is -0.143. The van der Waals surface area contributed by atoms with Crippen LogP contribution >= 0.6 is 0 Å². The quantitative estimate of drug-likeness (QED) is 0.498. The molecule has 1 N–H and O–H groups in total. The first-order valence-electron chi connectivity index (χ1n) is 12.2. The maximum Gasteiger partial charge on any atom is 0.0578 e. The molecule has 0 aromatic carbocycles. The summed E-state index contributed by atoms with van der Waals surface area (Å²) in [6.45, 7) is 14.5. The Bertz CT molecular complexity index is 765. The van der Waals surface area contributed by atoms with Crippen LogP contribution in [-0.4, -0.2) is 11.2 Å².